The molecule has 0 rings (SSSR count). The highest BCUT2D eigenvalue weighted by Gasteiger charge is 2.15. The van der Waals surface area contributed by atoms with E-state index in [4.69, 9.17) is 5.11 Å². The second-order valence-corrected chi connectivity index (χ2v) is 3.88. The van der Waals surface area contributed by atoms with E-state index in [1.54, 1.807) is 6.92 Å². The molecule has 6 nitrogen and oxygen atoms in total. The van der Waals surface area contributed by atoms with Crippen molar-refractivity contribution in [3.8, 4) is 0 Å². The van der Waals surface area contributed by atoms with Crippen LogP contribution in [0, 0.1) is 5.92 Å². The Morgan fingerprint density at radius 2 is 1.94 bits per heavy atom. The summed E-state index contributed by atoms with van der Waals surface area (Å²) >= 11 is 0. The maximum atomic E-state index is 11.2. The van der Waals surface area contributed by atoms with Gasteiger partial charge in [-0.05, 0) is 20.5 Å². The minimum absolute atomic E-state index is 0.166. The number of carbonyl (C=O) groups excluding carboxylic acids is 1. The second kappa shape index (κ2) is 7.92. The first-order valence-electron chi connectivity index (χ1n) is 5.36. The molecular weight excluding hydrogens is 210 g/mol. The van der Waals surface area contributed by atoms with E-state index in [1.165, 1.54) is 0 Å². The van der Waals surface area contributed by atoms with Crippen molar-refractivity contribution in [1.82, 2.24) is 15.5 Å². The lowest BCUT2D eigenvalue weighted by atomic mass is 10.1. The van der Waals surface area contributed by atoms with Crippen molar-refractivity contribution in [1.29, 1.82) is 0 Å². The van der Waals surface area contributed by atoms with Gasteiger partial charge in [-0.1, -0.05) is 6.92 Å². The molecule has 0 aliphatic rings. The molecule has 0 aliphatic carbocycles. The van der Waals surface area contributed by atoms with Crippen molar-refractivity contribution < 1.29 is 14.7 Å². The highest BCUT2D eigenvalue weighted by Crippen LogP contribution is 1.99. The van der Waals surface area contributed by atoms with Crippen LogP contribution in [-0.2, 0) is 4.79 Å². The summed E-state index contributed by atoms with van der Waals surface area (Å²) in [5.41, 5.74) is 0. The normalized spacial score (nSPS) is 12.2. The predicted molar refractivity (Wildman–Crippen MR) is 61.4 cm³/mol. The first-order chi connectivity index (χ1) is 7.47. The van der Waals surface area contributed by atoms with E-state index in [9.17, 15) is 9.59 Å². The van der Waals surface area contributed by atoms with Crippen molar-refractivity contribution in [2.24, 2.45) is 5.92 Å². The van der Waals surface area contributed by atoms with Crippen molar-refractivity contribution in [2.45, 2.75) is 13.3 Å². The fourth-order valence-electron chi connectivity index (χ4n) is 1.08. The molecule has 0 bridgehead atoms. The first-order valence-corrected chi connectivity index (χ1v) is 5.36. The van der Waals surface area contributed by atoms with Gasteiger partial charge in [0.25, 0.3) is 0 Å². The van der Waals surface area contributed by atoms with E-state index < -0.39 is 11.9 Å². The number of carbonyl (C=O) groups is 2. The zero-order valence-corrected chi connectivity index (χ0v) is 10.1. The second-order valence-electron chi connectivity index (χ2n) is 3.88. The number of carboxylic acid groups (broad SMARTS) is 1. The Balaban J connectivity index is 3.67. The zero-order valence-electron chi connectivity index (χ0n) is 10.1. The lowest BCUT2D eigenvalue weighted by molar-refractivity contribution is -0.141. The number of carboxylic acids is 1. The van der Waals surface area contributed by atoms with Crippen LogP contribution in [0.4, 0.5) is 4.79 Å². The number of nitrogens with zero attached hydrogens (tertiary/aromatic N) is 1. The number of hydrogen-bond acceptors (Lipinski definition) is 3. The summed E-state index contributed by atoms with van der Waals surface area (Å²) in [5, 5.41) is 13.9. The van der Waals surface area contributed by atoms with Gasteiger partial charge in [0.15, 0.2) is 0 Å². The van der Waals surface area contributed by atoms with Crippen molar-refractivity contribution in [2.75, 3.05) is 33.7 Å². The van der Waals surface area contributed by atoms with Crippen LogP contribution < -0.4 is 10.6 Å². The summed E-state index contributed by atoms with van der Waals surface area (Å²) in [6.07, 6.45) is 0.507. The number of amides is 2. The van der Waals surface area contributed by atoms with Gasteiger partial charge in [0.1, 0.15) is 0 Å². The molecule has 94 valence electrons. The molecule has 2 amide bonds. The molecule has 6 heteroatoms. The van der Waals surface area contributed by atoms with Crippen LogP contribution in [0.5, 0.6) is 0 Å². The highest BCUT2D eigenvalue weighted by atomic mass is 16.4. The Labute approximate surface area is 96.0 Å². The van der Waals surface area contributed by atoms with Gasteiger partial charge in [-0.25, -0.2) is 4.79 Å². The van der Waals surface area contributed by atoms with E-state index in [-0.39, 0.29) is 12.6 Å². The Kier molecular flexibility index (Phi) is 7.28. The molecule has 16 heavy (non-hydrogen) atoms. The molecule has 0 fully saturated rings. The quantitative estimate of drug-likeness (QED) is 0.574. The van der Waals surface area contributed by atoms with Crippen molar-refractivity contribution in [3.63, 3.8) is 0 Å². The third-order valence-electron chi connectivity index (χ3n) is 2.20. The first kappa shape index (κ1) is 14.7. The summed E-state index contributed by atoms with van der Waals surface area (Å²) in [5.74, 6) is -1.39. The summed E-state index contributed by atoms with van der Waals surface area (Å²) in [6, 6.07) is -0.318. The van der Waals surface area contributed by atoms with Crippen LogP contribution in [-0.4, -0.2) is 55.7 Å². The monoisotopic (exact) mass is 231 g/mol. The molecule has 0 saturated heterocycles. The van der Waals surface area contributed by atoms with E-state index in [0.717, 1.165) is 6.54 Å². The van der Waals surface area contributed by atoms with Gasteiger partial charge in [0.2, 0.25) is 0 Å². The van der Waals surface area contributed by atoms with Crippen LogP contribution >= 0.6 is 0 Å². The molecule has 1 unspecified atom stereocenters. The van der Waals surface area contributed by atoms with Gasteiger partial charge < -0.3 is 20.6 Å². The molecule has 0 saturated carbocycles. The zero-order chi connectivity index (χ0) is 12.6. The number of rotatable bonds is 7. The average molecular weight is 231 g/mol. The Morgan fingerprint density at radius 1 is 1.31 bits per heavy atom. The average Bonchev–Trinajstić information content (AvgIpc) is 2.17. The summed E-state index contributed by atoms with van der Waals surface area (Å²) in [7, 11) is 3.83. The Hall–Kier alpha value is -1.30. The third kappa shape index (κ3) is 7.05. The lowest BCUT2D eigenvalue weighted by Gasteiger charge is -2.13. The summed E-state index contributed by atoms with van der Waals surface area (Å²) < 4.78 is 0. The van der Waals surface area contributed by atoms with Crippen LogP contribution in [0.25, 0.3) is 0 Å². The van der Waals surface area contributed by atoms with E-state index in [1.807, 2.05) is 19.0 Å². The number of hydrogen-bond donors (Lipinski definition) is 3. The molecule has 3 N–H and O–H groups in total. The van der Waals surface area contributed by atoms with Gasteiger partial charge in [-0.2, -0.15) is 0 Å². The molecule has 0 radical (unpaired) electrons. The van der Waals surface area contributed by atoms with Gasteiger partial charge >= 0.3 is 12.0 Å². The van der Waals surface area contributed by atoms with Gasteiger partial charge in [0, 0.05) is 19.6 Å². The standard InChI is InChI=1S/C10H21N3O3/c1-4-8(9(14)15)7-12-10(16)11-5-6-13(2)3/h8H,4-7H2,1-3H3,(H,14,15)(H2,11,12,16). The number of aliphatic carboxylic acids is 1. The highest BCUT2D eigenvalue weighted by molar-refractivity contribution is 5.75. The molecular formula is C10H21N3O3. The topological polar surface area (TPSA) is 81.7 Å². The number of likely N-dealkylation sites (N-methyl/N-ethyl adjacent to an activating group) is 1. The summed E-state index contributed by atoms with van der Waals surface area (Å²) in [6.45, 7) is 3.25. The third-order valence-corrected chi connectivity index (χ3v) is 2.20. The van der Waals surface area contributed by atoms with Crippen molar-refractivity contribution >= 4 is 12.0 Å². The maximum Gasteiger partial charge on any atom is 0.314 e. The summed E-state index contributed by atoms with van der Waals surface area (Å²) in [4.78, 5) is 23.9. The molecule has 1 atom stereocenters. The van der Waals surface area contributed by atoms with Crippen LogP contribution in [0.1, 0.15) is 13.3 Å². The smallest absolute Gasteiger partial charge is 0.314 e. The van der Waals surface area contributed by atoms with Gasteiger partial charge in [-0.15, -0.1) is 0 Å². The van der Waals surface area contributed by atoms with Gasteiger partial charge in [-0.3, -0.25) is 4.79 Å². The van der Waals surface area contributed by atoms with E-state index in [2.05, 4.69) is 10.6 Å². The minimum atomic E-state index is -0.879. The molecule has 0 aromatic rings. The predicted octanol–water partition coefficient (Wildman–Crippen LogP) is -0.0420. The van der Waals surface area contributed by atoms with Crippen LogP contribution in [0.3, 0.4) is 0 Å². The molecule has 0 aromatic carbocycles. The molecule has 0 aliphatic heterocycles. The molecule has 0 aromatic heterocycles. The van der Waals surface area contributed by atoms with Crippen LogP contribution in [0.2, 0.25) is 0 Å². The maximum absolute atomic E-state index is 11.2. The van der Waals surface area contributed by atoms with E-state index in [0.29, 0.717) is 13.0 Å². The van der Waals surface area contributed by atoms with Crippen LogP contribution in [0.15, 0.2) is 0 Å². The molecule has 0 spiro atoms. The van der Waals surface area contributed by atoms with E-state index >= 15 is 0 Å². The number of urea groups is 1. The fraction of sp³-hybridized carbons (Fsp3) is 0.800. The minimum Gasteiger partial charge on any atom is -0.481 e. The Bertz CT molecular complexity index is 231. The fourth-order valence-corrected chi connectivity index (χ4v) is 1.08. The van der Waals surface area contributed by atoms with Crippen molar-refractivity contribution in [3.05, 3.63) is 0 Å². The largest absolute Gasteiger partial charge is 0.481 e. The van der Waals surface area contributed by atoms with Gasteiger partial charge in [0.05, 0.1) is 5.92 Å². The number of nitrogens with one attached hydrogen (secondary N) is 2. The molecule has 0 heterocycles. The Morgan fingerprint density at radius 3 is 2.38 bits per heavy atom. The SMILES string of the molecule is CCC(CNC(=O)NCCN(C)C)C(=O)O. The lowest BCUT2D eigenvalue weighted by Crippen LogP contribution is -2.41.